The molecule has 1 aliphatic heterocycles. The Balaban J connectivity index is 1.25. The number of hydrogen-bond acceptors (Lipinski definition) is 5. The minimum absolute atomic E-state index is 0.586. The van der Waals surface area contributed by atoms with Crippen LogP contribution in [0.15, 0.2) is 42.6 Å². The first-order chi connectivity index (χ1) is 14.8. The van der Waals surface area contributed by atoms with E-state index >= 15 is 0 Å². The lowest BCUT2D eigenvalue weighted by molar-refractivity contribution is 0.244. The van der Waals surface area contributed by atoms with Crippen LogP contribution in [0.4, 0.5) is 0 Å². The first-order valence-corrected chi connectivity index (χ1v) is 11.9. The van der Waals surface area contributed by atoms with Gasteiger partial charge in [0.05, 0.1) is 7.11 Å². The number of fused-ring (bicyclic) bond motifs is 1. The van der Waals surface area contributed by atoms with E-state index in [9.17, 15) is 0 Å². The molecule has 0 spiro atoms. The third-order valence-electron chi connectivity index (χ3n) is 6.40. The van der Waals surface area contributed by atoms with E-state index < -0.39 is 0 Å². The predicted molar refractivity (Wildman–Crippen MR) is 122 cm³/mol. The number of benzene rings is 1. The molecule has 5 heteroatoms. The highest BCUT2D eigenvalue weighted by Crippen LogP contribution is 2.33. The molecule has 0 bridgehead atoms. The summed E-state index contributed by atoms with van der Waals surface area (Å²) in [5.41, 5.74) is 3.81. The maximum absolute atomic E-state index is 5.37. The zero-order valence-corrected chi connectivity index (χ0v) is 18.5. The normalized spacial score (nSPS) is 17.6. The second-order valence-corrected chi connectivity index (χ2v) is 9.66. The van der Waals surface area contributed by atoms with Crippen LogP contribution in [0.1, 0.15) is 60.0 Å². The molecule has 156 valence electrons. The molecule has 1 fully saturated rings. The van der Waals surface area contributed by atoms with Gasteiger partial charge in [-0.3, -0.25) is 4.90 Å². The summed E-state index contributed by atoms with van der Waals surface area (Å²) in [4.78, 5) is 15.0. The van der Waals surface area contributed by atoms with Crippen LogP contribution in [0, 0.1) is 0 Å². The van der Waals surface area contributed by atoms with Crippen LogP contribution in [0.25, 0.3) is 10.4 Å². The van der Waals surface area contributed by atoms with Gasteiger partial charge in [-0.05, 0) is 42.7 Å². The standard InChI is InChI=1S/C25H29N3OS/c1-29-21-9-5-8-19(14-21)24-11-10-22(30-24)17-28-13-12-23-20(16-28)15-26-25(27-23)18-6-3-2-4-7-18/h5,8-11,14-15,18H,2-4,6-7,12-13,16-17H2,1H3. The minimum atomic E-state index is 0.586. The molecule has 0 unspecified atom stereocenters. The van der Waals surface area contributed by atoms with Gasteiger partial charge in [-0.1, -0.05) is 31.4 Å². The fourth-order valence-corrected chi connectivity index (χ4v) is 5.74. The van der Waals surface area contributed by atoms with Crippen molar-refractivity contribution < 1.29 is 4.74 Å². The highest BCUT2D eigenvalue weighted by molar-refractivity contribution is 7.15. The second kappa shape index (κ2) is 8.86. The maximum atomic E-state index is 5.37. The summed E-state index contributed by atoms with van der Waals surface area (Å²) in [7, 11) is 1.72. The van der Waals surface area contributed by atoms with Gasteiger partial charge in [0.15, 0.2) is 0 Å². The molecule has 5 rings (SSSR count). The molecule has 0 N–H and O–H groups in total. The predicted octanol–water partition coefficient (Wildman–Crippen LogP) is 5.82. The summed E-state index contributed by atoms with van der Waals surface area (Å²) >= 11 is 1.87. The molecule has 2 aliphatic rings. The molecule has 4 nitrogen and oxygen atoms in total. The molecule has 1 aliphatic carbocycles. The molecule has 0 atom stereocenters. The van der Waals surface area contributed by atoms with Gasteiger partial charge >= 0.3 is 0 Å². The van der Waals surface area contributed by atoms with Gasteiger partial charge in [-0.25, -0.2) is 9.97 Å². The van der Waals surface area contributed by atoms with Crippen molar-refractivity contribution in [3.8, 4) is 16.2 Å². The first kappa shape index (κ1) is 19.7. The molecule has 0 amide bonds. The Kier molecular flexibility index (Phi) is 5.82. The van der Waals surface area contributed by atoms with E-state index in [2.05, 4.69) is 41.4 Å². The zero-order chi connectivity index (χ0) is 20.3. The molecule has 0 radical (unpaired) electrons. The Bertz CT molecular complexity index is 1010. The van der Waals surface area contributed by atoms with Gasteiger partial charge in [0, 0.05) is 59.2 Å². The van der Waals surface area contributed by atoms with E-state index in [0.29, 0.717) is 5.92 Å². The Labute approximate surface area is 183 Å². The highest BCUT2D eigenvalue weighted by atomic mass is 32.1. The Hall–Kier alpha value is -2.24. The SMILES string of the molecule is COc1cccc(-c2ccc(CN3CCc4nc(C5CCCCC5)ncc4C3)s2)c1. The Morgan fingerprint density at radius 1 is 1.13 bits per heavy atom. The van der Waals surface area contributed by atoms with Crippen LogP contribution in [-0.4, -0.2) is 28.5 Å². The van der Waals surface area contributed by atoms with Crippen molar-refractivity contribution in [2.24, 2.45) is 0 Å². The summed E-state index contributed by atoms with van der Waals surface area (Å²) in [5, 5.41) is 0. The van der Waals surface area contributed by atoms with Crippen molar-refractivity contribution >= 4 is 11.3 Å². The van der Waals surface area contributed by atoms with Crippen molar-refractivity contribution in [2.45, 2.75) is 57.5 Å². The van der Waals surface area contributed by atoms with Crippen molar-refractivity contribution in [3.05, 3.63) is 64.6 Å². The monoisotopic (exact) mass is 419 g/mol. The average Bonchev–Trinajstić information content (AvgIpc) is 3.28. The van der Waals surface area contributed by atoms with Crippen LogP contribution in [-0.2, 0) is 19.5 Å². The summed E-state index contributed by atoms with van der Waals surface area (Å²) in [6.45, 7) is 3.01. The quantitative estimate of drug-likeness (QED) is 0.522. The molecule has 30 heavy (non-hydrogen) atoms. The fourth-order valence-electron chi connectivity index (χ4n) is 4.70. The van der Waals surface area contributed by atoms with Gasteiger partial charge in [-0.15, -0.1) is 11.3 Å². The lowest BCUT2D eigenvalue weighted by Crippen LogP contribution is -2.31. The van der Waals surface area contributed by atoms with Gasteiger partial charge in [-0.2, -0.15) is 0 Å². The van der Waals surface area contributed by atoms with Crippen LogP contribution in [0.5, 0.6) is 5.75 Å². The third kappa shape index (κ3) is 4.28. The minimum Gasteiger partial charge on any atom is -0.497 e. The fraction of sp³-hybridized carbons (Fsp3) is 0.440. The van der Waals surface area contributed by atoms with Crippen molar-refractivity contribution in [1.29, 1.82) is 0 Å². The van der Waals surface area contributed by atoms with Crippen LogP contribution in [0.3, 0.4) is 0 Å². The van der Waals surface area contributed by atoms with Crippen molar-refractivity contribution in [3.63, 3.8) is 0 Å². The van der Waals surface area contributed by atoms with Gasteiger partial charge in [0.25, 0.3) is 0 Å². The molecule has 2 aromatic heterocycles. The molecule has 3 heterocycles. The summed E-state index contributed by atoms with van der Waals surface area (Å²) < 4.78 is 5.37. The first-order valence-electron chi connectivity index (χ1n) is 11.1. The zero-order valence-electron chi connectivity index (χ0n) is 17.6. The molecule has 1 aromatic carbocycles. The van der Waals surface area contributed by atoms with E-state index in [1.807, 2.05) is 17.4 Å². The topological polar surface area (TPSA) is 38.2 Å². The van der Waals surface area contributed by atoms with E-state index in [0.717, 1.165) is 37.6 Å². The van der Waals surface area contributed by atoms with Gasteiger partial charge < -0.3 is 4.74 Å². The average molecular weight is 420 g/mol. The van der Waals surface area contributed by atoms with Crippen LogP contribution >= 0.6 is 11.3 Å². The number of hydrogen-bond donors (Lipinski definition) is 0. The van der Waals surface area contributed by atoms with Gasteiger partial charge in [0.2, 0.25) is 0 Å². The Morgan fingerprint density at radius 3 is 2.90 bits per heavy atom. The number of thiophene rings is 1. The Morgan fingerprint density at radius 2 is 2.03 bits per heavy atom. The van der Waals surface area contributed by atoms with Crippen LogP contribution in [0.2, 0.25) is 0 Å². The molecular weight excluding hydrogens is 390 g/mol. The van der Waals surface area contributed by atoms with E-state index in [-0.39, 0.29) is 0 Å². The van der Waals surface area contributed by atoms with E-state index in [1.165, 1.54) is 58.7 Å². The highest BCUT2D eigenvalue weighted by Gasteiger charge is 2.23. The number of rotatable bonds is 5. The van der Waals surface area contributed by atoms with E-state index in [1.54, 1.807) is 7.11 Å². The third-order valence-corrected chi connectivity index (χ3v) is 7.52. The lowest BCUT2D eigenvalue weighted by Gasteiger charge is -2.28. The largest absolute Gasteiger partial charge is 0.497 e. The lowest BCUT2D eigenvalue weighted by atomic mass is 9.88. The van der Waals surface area contributed by atoms with E-state index in [4.69, 9.17) is 14.7 Å². The number of ether oxygens (including phenoxy) is 1. The molecule has 0 saturated heterocycles. The maximum Gasteiger partial charge on any atom is 0.131 e. The molecule has 3 aromatic rings. The molecule has 1 saturated carbocycles. The summed E-state index contributed by atoms with van der Waals surface area (Å²) in [5.74, 6) is 2.59. The number of methoxy groups -OCH3 is 1. The number of nitrogens with zero attached hydrogens (tertiary/aromatic N) is 3. The van der Waals surface area contributed by atoms with Crippen molar-refractivity contribution in [1.82, 2.24) is 14.9 Å². The summed E-state index contributed by atoms with van der Waals surface area (Å²) in [6, 6.07) is 12.8. The second-order valence-electron chi connectivity index (χ2n) is 8.49. The molecular formula is C25H29N3OS. The summed E-state index contributed by atoms with van der Waals surface area (Å²) in [6.07, 6.45) is 9.70. The smallest absolute Gasteiger partial charge is 0.131 e. The van der Waals surface area contributed by atoms with Crippen LogP contribution < -0.4 is 4.74 Å². The number of aromatic nitrogens is 2. The van der Waals surface area contributed by atoms with Crippen molar-refractivity contribution in [2.75, 3.05) is 13.7 Å². The van der Waals surface area contributed by atoms with Gasteiger partial charge in [0.1, 0.15) is 11.6 Å².